The van der Waals surface area contributed by atoms with Crippen LogP contribution in [0.5, 0.6) is 11.5 Å². The zero-order chi connectivity index (χ0) is 19.6. The fourth-order valence-electron chi connectivity index (χ4n) is 3.82. The second-order valence-electron chi connectivity index (χ2n) is 6.87. The highest BCUT2D eigenvalue weighted by molar-refractivity contribution is 6.30. The molecule has 0 bridgehead atoms. The van der Waals surface area contributed by atoms with Crippen LogP contribution < -0.4 is 14.8 Å². The van der Waals surface area contributed by atoms with Crippen LogP contribution in [0, 0.1) is 0 Å². The molecule has 0 radical (unpaired) electrons. The number of methoxy groups -OCH3 is 2. The van der Waals surface area contributed by atoms with Crippen LogP contribution in [-0.4, -0.2) is 34.4 Å². The molecule has 0 spiro atoms. The summed E-state index contributed by atoms with van der Waals surface area (Å²) in [5.74, 6) is 2.17. The molecule has 0 unspecified atom stereocenters. The first-order chi connectivity index (χ1) is 13.6. The number of rotatable bonds is 6. The van der Waals surface area contributed by atoms with E-state index in [0.717, 1.165) is 42.9 Å². The first-order valence-corrected chi connectivity index (χ1v) is 9.58. The molecule has 146 valence electrons. The van der Waals surface area contributed by atoms with Gasteiger partial charge in [0.05, 0.1) is 25.4 Å². The molecular weight excluding hydrogens is 378 g/mol. The predicted octanol–water partition coefficient (Wildman–Crippen LogP) is 4.21. The number of aromatic nitrogens is 4. The topological polar surface area (TPSA) is 74.1 Å². The van der Waals surface area contributed by atoms with E-state index in [2.05, 4.69) is 20.8 Å². The van der Waals surface area contributed by atoms with Crippen molar-refractivity contribution < 1.29 is 9.47 Å². The van der Waals surface area contributed by atoms with E-state index in [4.69, 9.17) is 21.1 Å². The number of nitrogens with zero attached hydrogens (tertiary/aromatic N) is 4. The van der Waals surface area contributed by atoms with Crippen molar-refractivity contribution in [2.45, 2.75) is 31.2 Å². The third-order valence-corrected chi connectivity index (χ3v) is 5.44. The summed E-state index contributed by atoms with van der Waals surface area (Å²) >= 11 is 6.03. The Morgan fingerprint density at radius 3 is 2.39 bits per heavy atom. The first kappa shape index (κ1) is 18.6. The van der Waals surface area contributed by atoms with Crippen molar-refractivity contribution in [2.24, 2.45) is 0 Å². The van der Waals surface area contributed by atoms with Gasteiger partial charge in [-0.1, -0.05) is 24.4 Å². The van der Waals surface area contributed by atoms with Crippen LogP contribution in [0.4, 0.5) is 5.69 Å². The van der Waals surface area contributed by atoms with E-state index in [9.17, 15) is 0 Å². The molecule has 3 aromatic rings. The van der Waals surface area contributed by atoms with E-state index >= 15 is 0 Å². The maximum absolute atomic E-state index is 6.03. The second kappa shape index (κ2) is 7.67. The minimum atomic E-state index is -0.358. The normalized spacial score (nSPS) is 15.4. The largest absolute Gasteiger partial charge is 0.493 e. The number of tetrazole rings is 1. The maximum atomic E-state index is 6.03. The Hall–Kier alpha value is -2.80. The van der Waals surface area contributed by atoms with Gasteiger partial charge in [-0.2, -0.15) is 4.68 Å². The lowest BCUT2D eigenvalue weighted by molar-refractivity contribution is 0.355. The SMILES string of the molecule is COc1ccc(NC2(c3nnnn3-c3ccc(Cl)cc3)CCCC2)cc1OC. The summed E-state index contributed by atoms with van der Waals surface area (Å²) in [6.45, 7) is 0. The Kier molecular flexibility index (Phi) is 5.09. The molecule has 4 rings (SSSR count). The lowest BCUT2D eigenvalue weighted by Gasteiger charge is -2.30. The lowest BCUT2D eigenvalue weighted by atomic mass is 9.95. The van der Waals surface area contributed by atoms with E-state index in [0.29, 0.717) is 16.5 Å². The zero-order valence-electron chi connectivity index (χ0n) is 15.9. The number of hydrogen-bond donors (Lipinski definition) is 1. The van der Waals surface area contributed by atoms with Gasteiger partial charge in [0.25, 0.3) is 0 Å². The maximum Gasteiger partial charge on any atom is 0.181 e. The van der Waals surface area contributed by atoms with Gasteiger partial charge < -0.3 is 14.8 Å². The van der Waals surface area contributed by atoms with Crippen LogP contribution in [0.15, 0.2) is 42.5 Å². The van der Waals surface area contributed by atoms with E-state index in [1.807, 2.05) is 42.5 Å². The van der Waals surface area contributed by atoms with Gasteiger partial charge in [0.2, 0.25) is 0 Å². The van der Waals surface area contributed by atoms with Crippen LogP contribution in [0.2, 0.25) is 5.02 Å². The molecule has 0 atom stereocenters. The van der Waals surface area contributed by atoms with E-state index < -0.39 is 0 Å². The van der Waals surface area contributed by atoms with E-state index in [1.165, 1.54) is 0 Å². The van der Waals surface area contributed by atoms with Crippen molar-refractivity contribution in [1.29, 1.82) is 0 Å². The van der Waals surface area contributed by atoms with Gasteiger partial charge in [0, 0.05) is 16.8 Å². The van der Waals surface area contributed by atoms with Gasteiger partial charge in [-0.25, -0.2) is 0 Å². The third kappa shape index (κ3) is 3.38. The smallest absolute Gasteiger partial charge is 0.181 e. The van der Waals surface area contributed by atoms with E-state index in [1.54, 1.807) is 18.9 Å². The predicted molar refractivity (Wildman–Crippen MR) is 107 cm³/mol. The van der Waals surface area contributed by atoms with Crippen LogP contribution in [0.1, 0.15) is 31.5 Å². The molecule has 7 nitrogen and oxygen atoms in total. The van der Waals surface area contributed by atoms with Crippen LogP contribution >= 0.6 is 11.6 Å². The Labute approximate surface area is 168 Å². The molecular formula is C20H22ClN5O2. The van der Waals surface area contributed by atoms with Crippen LogP contribution in [0.25, 0.3) is 5.69 Å². The van der Waals surface area contributed by atoms with Gasteiger partial charge >= 0.3 is 0 Å². The summed E-state index contributed by atoms with van der Waals surface area (Å²) < 4.78 is 12.6. The van der Waals surface area contributed by atoms with Crippen LogP contribution in [0.3, 0.4) is 0 Å². The first-order valence-electron chi connectivity index (χ1n) is 9.20. The van der Waals surface area contributed by atoms with Crippen molar-refractivity contribution >= 4 is 17.3 Å². The molecule has 0 aliphatic heterocycles. The molecule has 2 aromatic carbocycles. The molecule has 1 aliphatic carbocycles. The van der Waals surface area contributed by atoms with Gasteiger partial charge in [0.15, 0.2) is 17.3 Å². The summed E-state index contributed by atoms with van der Waals surface area (Å²) in [5.41, 5.74) is 1.46. The van der Waals surface area contributed by atoms with Crippen molar-refractivity contribution in [3.63, 3.8) is 0 Å². The highest BCUT2D eigenvalue weighted by Gasteiger charge is 2.41. The number of halogens is 1. The van der Waals surface area contributed by atoms with Gasteiger partial charge in [-0.15, -0.1) is 5.10 Å². The number of nitrogens with one attached hydrogen (secondary N) is 1. The molecule has 1 fully saturated rings. The van der Waals surface area contributed by atoms with Gasteiger partial charge in [0.1, 0.15) is 0 Å². The highest BCUT2D eigenvalue weighted by Crippen LogP contribution is 2.42. The fourth-order valence-corrected chi connectivity index (χ4v) is 3.94. The zero-order valence-corrected chi connectivity index (χ0v) is 16.6. The highest BCUT2D eigenvalue weighted by atomic mass is 35.5. The van der Waals surface area contributed by atoms with Crippen molar-refractivity contribution in [1.82, 2.24) is 20.2 Å². The Bertz CT molecular complexity index is 951. The number of ether oxygens (including phenoxy) is 2. The molecule has 1 aromatic heterocycles. The van der Waals surface area contributed by atoms with Gasteiger partial charge in [-0.05, 0) is 59.7 Å². The van der Waals surface area contributed by atoms with Crippen molar-refractivity contribution in [3.8, 4) is 17.2 Å². The molecule has 0 amide bonds. The minimum Gasteiger partial charge on any atom is -0.493 e. The Morgan fingerprint density at radius 1 is 1.00 bits per heavy atom. The fraction of sp³-hybridized carbons (Fsp3) is 0.350. The van der Waals surface area contributed by atoms with Crippen molar-refractivity contribution in [3.05, 3.63) is 53.3 Å². The summed E-state index contributed by atoms with van der Waals surface area (Å²) in [4.78, 5) is 0. The average molecular weight is 400 g/mol. The lowest BCUT2D eigenvalue weighted by Crippen LogP contribution is -2.35. The number of anilines is 1. The summed E-state index contributed by atoms with van der Waals surface area (Å²) in [7, 11) is 3.26. The van der Waals surface area contributed by atoms with E-state index in [-0.39, 0.29) is 5.54 Å². The second-order valence-corrected chi connectivity index (χ2v) is 7.31. The Balaban J connectivity index is 1.72. The number of benzene rings is 2. The molecule has 0 saturated heterocycles. The van der Waals surface area contributed by atoms with Crippen molar-refractivity contribution in [2.75, 3.05) is 19.5 Å². The summed E-state index contributed by atoms with van der Waals surface area (Å²) in [6.07, 6.45) is 4.09. The molecule has 1 aliphatic rings. The minimum absolute atomic E-state index is 0.358. The van der Waals surface area contributed by atoms with Crippen LogP contribution in [-0.2, 0) is 5.54 Å². The molecule has 28 heavy (non-hydrogen) atoms. The number of hydrogen-bond acceptors (Lipinski definition) is 6. The molecule has 8 heteroatoms. The molecule has 1 saturated carbocycles. The third-order valence-electron chi connectivity index (χ3n) is 5.19. The standard InChI is InChI=1S/C20H22ClN5O2/c1-27-17-10-7-15(13-18(17)28-2)22-20(11-3-4-12-20)19-23-24-25-26(19)16-8-5-14(21)6-9-16/h5-10,13,22H,3-4,11-12H2,1-2H3. The molecule has 1 N–H and O–H groups in total. The average Bonchev–Trinajstić information content (AvgIpc) is 3.39. The Morgan fingerprint density at radius 2 is 1.71 bits per heavy atom. The summed E-state index contributed by atoms with van der Waals surface area (Å²) in [6, 6.07) is 13.3. The molecule has 1 heterocycles. The van der Waals surface area contributed by atoms with Gasteiger partial charge in [-0.3, -0.25) is 0 Å². The quantitative estimate of drug-likeness (QED) is 0.669. The monoisotopic (exact) mass is 399 g/mol. The summed E-state index contributed by atoms with van der Waals surface area (Å²) in [5, 5.41) is 16.9.